The minimum Gasteiger partial charge on any atom is -0.390 e. The molecule has 1 heterocycles. The van der Waals surface area contributed by atoms with Crippen molar-refractivity contribution >= 4 is 10.2 Å². The van der Waals surface area contributed by atoms with Crippen LogP contribution in [0.5, 0.6) is 0 Å². The number of nitrogens with zero attached hydrogens (tertiary/aromatic N) is 3. The van der Waals surface area contributed by atoms with Crippen molar-refractivity contribution in [1.82, 2.24) is 13.5 Å². The Morgan fingerprint density at radius 1 is 1.23 bits per heavy atom. The molecular formula is C14H22FN3O3S. The van der Waals surface area contributed by atoms with E-state index >= 15 is 0 Å². The lowest BCUT2D eigenvalue weighted by atomic mass is 10.1. The highest BCUT2D eigenvalue weighted by atomic mass is 32.2. The van der Waals surface area contributed by atoms with Crippen molar-refractivity contribution in [2.75, 3.05) is 34.2 Å². The molecule has 1 saturated heterocycles. The highest BCUT2D eigenvalue weighted by Crippen LogP contribution is 2.21. The smallest absolute Gasteiger partial charge is 0.281 e. The molecule has 1 aliphatic rings. The molecule has 1 aromatic rings. The van der Waals surface area contributed by atoms with Gasteiger partial charge >= 0.3 is 0 Å². The Morgan fingerprint density at radius 3 is 2.36 bits per heavy atom. The second kappa shape index (κ2) is 6.59. The zero-order valence-electron chi connectivity index (χ0n) is 13.0. The van der Waals surface area contributed by atoms with Gasteiger partial charge in [-0.15, -0.1) is 0 Å². The molecule has 1 aromatic carbocycles. The van der Waals surface area contributed by atoms with Crippen molar-refractivity contribution in [2.24, 2.45) is 0 Å². The summed E-state index contributed by atoms with van der Waals surface area (Å²) in [6.07, 6.45) is -0.750. The van der Waals surface area contributed by atoms with Gasteiger partial charge < -0.3 is 5.11 Å². The molecule has 0 amide bonds. The van der Waals surface area contributed by atoms with Crippen LogP contribution < -0.4 is 0 Å². The maximum atomic E-state index is 12.9. The van der Waals surface area contributed by atoms with Crippen molar-refractivity contribution in [1.29, 1.82) is 0 Å². The van der Waals surface area contributed by atoms with E-state index in [1.165, 1.54) is 30.5 Å². The van der Waals surface area contributed by atoms with Crippen LogP contribution in [0.3, 0.4) is 0 Å². The molecule has 0 radical (unpaired) electrons. The largest absolute Gasteiger partial charge is 0.390 e. The molecule has 0 aliphatic carbocycles. The fourth-order valence-corrected chi connectivity index (χ4v) is 3.73. The number of likely N-dealkylation sites (N-methyl/N-ethyl adjacent to an activating group) is 1. The molecule has 2 atom stereocenters. The Kier molecular flexibility index (Phi) is 5.18. The van der Waals surface area contributed by atoms with Crippen molar-refractivity contribution in [3.05, 3.63) is 35.6 Å². The number of aliphatic hydroxyl groups excluding tert-OH is 1. The summed E-state index contributed by atoms with van der Waals surface area (Å²) in [4.78, 5) is 1.89. The summed E-state index contributed by atoms with van der Waals surface area (Å²) in [6, 6.07) is 5.84. The highest BCUT2D eigenvalue weighted by molar-refractivity contribution is 7.86. The molecule has 124 valence electrons. The van der Waals surface area contributed by atoms with E-state index in [-0.39, 0.29) is 24.9 Å². The minimum absolute atomic E-state index is 0.0823. The molecule has 0 spiro atoms. The summed E-state index contributed by atoms with van der Waals surface area (Å²) in [7, 11) is 1.24. The topological polar surface area (TPSA) is 64.1 Å². The van der Waals surface area contributed by atoms with E-state index < -0.39 is 16.3 Å². The molecule has 22 heavy (non-hydrogen) atoms. The van der Waals surface area contributed by atoms with Crippen molar-refractivity contribution in [2.45, 2.75) is 18.7 Å². The van der Waals surface area contributed by atoms with Crippen LogP contribution in [-0.4, -0.2) is 73.4 Å². The quantitative estimate of drug-likeness (QED) is 0.832. The van der Waals surface area contributed by atoms with Gasteiger partial charge in [-0.05, 0) is 24.7 Å². The van der Waals surface area contributed by atoms with Gasteiger partial charge in [0.1, 0.15) is 5.82 Å². The van der Waals surface area contributed by atoms with Gasteiger partial charge in [0, 0.05) is 33.7 Å². The summed E-state index contributed by atoms with van der Waals surface area (Å²) in [5, 5.41) is 10.2. The number of β-amino-alcohol motifs (C(OH)–C–C–N with tert-alkyl or cyclic N) is 1. The lowest BCUT2D eigenvalue weighted by molar-refractivity contribution is 0.0953. The number of aliphatic hydroxyl groups is 1. The van der Waals surface area contributed by atoms with Crippen LogP contribution in [0, 0.1) is 5.82 Å². The Hall–Kier alpha value is -1.06. The maximum absolute atomic E-state index is 12.9. The third-order valence-electron chi connectivity index (χ3n) is 3.92. The predicted octanol–water partition coefficient (Wildman–Crippen LogP) is 0.109. The molecule has 0 saturated carbocycles. The van der Waals surface area contributed by atoms with Gasteiger partial charge in [0.25, 0.3) is 10.2 Å². The molecule has 6 nitrogen and oxygen atoms in total. The molecule has 1 N–H and O–H groups in total. The molecule has 1 aliphatic heterocycles. The average molecular weight is 331 g/mol. The van der Waals surface area contributed by atoms with E-state index in [2.05, 4.69) is 0 Å². The van der Waals surface area contributed by atoms with Crippen LogP contribution in [0.25, 0.3) is 0 Å². The number of rotatable bonds is 5. The van der Waals surface area contributed by atoms with E-state index in [1.54, 1.807) is 12.1 Å². The van der Waals surface area contributed by atoms with Crippen LogP contribution in [-0.2, 0) is 16.8 Å². The minimum atomic E-state index is -3.52. The van der Waals surface area contributed by atoms with Crippen molar-refractivity contribution < 1.29 is 17.9 Å². The number of hydrogen-bond acceptors (Lipinski definition) is 4. The molecule has 8 heteroatoms. The highest BCUT2D eigenvalue weighted by Gasteiger charge is 2.40. The van der Waals surface area contributed by atoms with E-state index in [4.69, 9.17) is 0 Å². The normalized spacial score (nSPS) is 23.6. The fourth-order valence-electron chi connectivity index (χ4n) is 2.58. The zero-order valence-corrected chi connectivity index (χ0v) is 13.8. The summed E-state index contributed by atoms with van der Waals surface area (Å²) < 4.78 is 39.6. The Labute approximate surface area is 130 Å². The van der Waals surface area contributed by atoms with Gasteiger partial charge in [-0.3, -0.25) is 4.90 Å². The van der Waals surface area contributed by atoms with Crippen molar-refractivity contribution in [3.63, 3.8) is 0 Å². The van der Waals surface area contributed by atoms with Gasteiger partial charge in [-0.1, -0.05) is 12.1 Å². The van der Waals surface area contributed by atoms with Gasteiger partial charge in [-0.25, -0.2) is 4.39 Å². The van der Waals surface area contributed by atoms with E-state index in [1.807, 2.05) is 11.9 Å². The van der Waals surface area contributed by atoms with Gasteiger partial charge in [-0.2, -0.15) is 17.0 Å². The van der Waals surface area contributed by atoms with E-state index in [0.717, 1.165) is 9.87 Å². The number of halogens is 1. The summed E-state index contributed by atoms with van der Waals surface area (Å²) >= 11 is 0. The van der Waals surface area contributed by atoms with Crippen LogP contribution in [0.4, 0.5) is 4.39 Å². The molecule has 0 aromatic heterocycles. The number of benzene rings is 1. The second-order valence-electron chi connectivity index (χ2n) is 5.78. The third-order valence-corrected chi connectivity index (χ3v) is 5.80. The van der Waals surface area contributed by atoms with Gasteiger partial charge in [0.15, 0.2) is 0 Å². The van der Waals surface area contributed by atoms with E-state index in [9.17, 15) is 17.9 Å². The first-order chi connectivity index (χ1) is 10.2. The van der Waals surface area contributed by atoms with Gasteiger partial charge in [0.05, 0.1) is 12.1 Å². The molecule has 2 rings (SSSR count). The molecular weight excluding hydrogens is 309 g/mol. The molecule has 0 bridgehead atoms. The zero-order chi connectivity index (χ0) is 16.5. The molecule has 1 fully saturated rings. The molecule has 0 unspecified atom stereocenters. The van der Waals surface area contributed by atoms with Crippen LogP contribution >= 0.6 is 0 Å². The fraction of sp³-hybridized carbons (Fsp3) is 0.571. The van der Waals surface area contributed by atoms with Crippen molar-refractivity contribution in [3.8, 4) is 0 Å². The first-order valence-electron chi connectivity index (χ1n) is 7.02. The predicted molar refractivity (Wildman–Crippen MR) is 81.8 cm³/mol. The summed E-state index contributed by atoms with van der Waals surface area (Å²) in [5.74, 6) is -0.296. The van der Waals surface area contributed by atoms with Gasteiger partial charge in [0.2, 0.25) is 0 Å². The summed E-state index contributed by atoms with van der Waals surface area (Å²) in [5.41, 5.74) is 0.907. The average Bonchev–Trinajstić information content (AvgIpc) is 2.84. The Balaban J connectivity index is 2.05. The number of hydrogen-bond donors (Lipinski definition) is 1. The lowest BCUT2D eigenvalue weighted by Gasteiger charge is -2.26. The summed E-state index contributed by atoms with van der Waals surface area (Å²) in [6.45, 7) is 0.830. The third kappa shape index (κ3) is 3.64. The maximum Gasteiger partial charge on any atom is 0.281 e. The Bertz CT molecular complexity index is 606. The first-order valence-corrected chi connectivity index (χ1v) is 8.42. The van der Waals surface area contributed by atoms with Crippen LogP contribution in [0.1, 0.15) is 5.56 Å². The standard InChI is InChI=1S/C14H22FN3O3S/c1-16(2)22(20,21)18-9-13(14(19)10-18)17(3)8-11-4-6-12(15)7-5-11/h4-7,13-14,19H,8-10H2,1-3H3/t13-,14-/m1/s1. The van der Waals surface area contributed by atoms with Crippen LogP contribution in [0.15, 0.2) is 24.3 Å². The SMILES string of the molecule is CN(Cc1ccc(F)cc1)[C@@H]1CN(S(=O)(=O)N(C)C)C[C@H]1O. The monoisotopic (exact) mass is 331 g/mol. The Morgan fingerprint density at radius 2 is 1.82 bits per heavy atom. The van der Waals surface area contributed by atoms with E-state index in [0.29, 0.717) is 6.54 Å². The first kappa shape index (κ1) is 17.3. The second-order valence-corrected chi connectivity index (χ2v) is 7.93. The lowest BCUT2D eigenvalue weighted by Crippen LogP contribution is -2.42. The van der Waals surface area contributed by atoms with Crippen LogP contribution in [0.2, 0.25) is 0 Å².